The summed E-state index contributed by atoms with van der Waals surface area (Å²) in [5.74, 6) is 0.369. The van der Waals surface area contributed by atoms with Gasteiger partial charge in [-0.3, -0.25) is 19.1 Å². The lowest BCUT2D eigenvalue weighted by atomic mass is 9.98. The first-order chi connectivity index (χ1) is 15.8. The second-order valence-electron chi connectivity index (χ2n) is 7.55. The number of nitrogens with zero attached hydrogens (tertiary/aromatic N) is 3. The van der Waals surface area contributed by atoms with Crippen molar-refractivity contribution in [2.45, 2.75) is 45.7 Å². The topological polar surface area (TPSA) is 135 Å². The first kappa shape index (κ1) is 23.9. The average Bonchev–Trinajstić information content (AvgIpc) is 3.23. The number of amides is 1. The number of hydrazone groups is 1. The van der Waals surface area contributed by atoms with Gasteiger partial charge in [0.05, 0.1) is 33.1 Å². The van der Waals surface area contributed by atoms with Crippen molar-refractivity contribution in [3.63, 3.8) is 0 Å². The molecule has 3 rings (SSSR count). The summed E-state index contributed by atoms with van der Waals surface area (Å²) in [5, 5.41) is 16.3. The molecule has 0 radical (unpaired) electrons. The molecule has 0 fully saturated rings. The zero-order valence-electron chi connectivity index (χ0n) is 19.3. The van der Waals surface area contributed by atoms with E-state index in [1.54, 1.807) is 12.1 Å². The number of methoxy groups -OCH3 is 3. The lowest BCUT2D eigenvalue weighted by molar-refractivity contribution is -0.130. The number of unbranched alkanes of at least 4 members (excludes halogenated alkanes) is 1. The Balaban J connectivity index is 2.10. The fourth-order valence-corrected chi connectivity index (χ4v) is 3.85. The summed E-state index contributed by atoms with van der Waals surface area (Å²) in [5.41, 5.74) is -0.774. The number of ether oxygens (including phenoxy) is 3. The van der Waals surface area contributed by atoms with Crippen LogP contribution in [0.3, 0.4) is 0 Å². The van der Waals surface area contributed by atoms with Crippen molar-refractivity contribution in [2.75, 3.05) is 21.3 Å². The predicted octanol–water partition coefficient (Wildman–Crippen LogP) is 1.77. The highest BCUT2D eigenvalue weighted by molar-refractivity contribution is 6.04. The van der Waals surface area contributed by atoms with Gasteiger partial charge in [0.25, 0.3) is 5.56 Å². The number of aromatic hydroxyl groups is 1. The van der Waals surface area contributed by atoms with E-state index in [2.05, 4.69) is 10.1 Å². The Hall–Kier alpha value is -3.76. The molecule has 0 bridgehead atoms. The van der Waals surface area contributed by atoms with Gasteiger partial charge >= 0.3 is 5.69 Å². The van der Waals surface area contributed by atoms with Crippen LogP contribution in [0, 0.1) is 0 Å². The molecule has 1 aliphatic rings. The van der Waals surface area contributed by atoms with Crippen molar-refractivity contribution in [1.29, 1.82) is 0 Å². The number of nitrogens with one attached hydrogen (secondary N) is 1. The number of benzene rings is 1. The summed E-state index contributed by atoms with van der Waals surface area (Å²) >= 11 is 0. The van der Waals surface area contributed by atoms with Gasteiger partial charge in [-0.15, -0.1) is 0 Å². The van der Waals surface area contributed by atoms with Crippen LogP contribution in [-0.2, 0) is 11.3 Å². The highest BCUT2D eigenvalue weighted by Crippen LogP contribution is 2.43. The zero-order chi connectivity index (χ0) is 24.3. The smallest absolute Gasteiger partial charge is 0.331 e. The van der Waals surface area contributed by atoms with Crippen LogP contribution in [-0.4, -0.2) is 52.6 Å². The van der Waals surface area contributed by atoms with Gasteiger partial charge in [-0.05, 0) is 24.1 Å². The number of rotatable bonds is 8. The number of aromatic amines is 1. The number of H-pyrrole nitrogens is 1. The first-order valence-corrected chi connectivity index (χ1v) is 10.5. The molecule has 0 saturated heterocycles. The summed E-state index contributed by atoms with van der Waals surface area (Å²) in [4.78, 5) is 39.4. The normalized spacial score (nSPS) is 15.4. The van der Waals surface area contributed by atoms with Crippen LogP contribution in [0.15, 0.2) is 26.8 Å². The Morgan fingerprint density at radius 1 is 1.18 bits per heavy atom. The molecule has 2 N–H and O–H groups in total. The molecule has 2 aromatic rings. The van der Waals surface area contributed by atoms with Gasteiger partial charge in [-0.1, -0.05) is 13.3 Å². The van der Waals surface area contributed by atoms with Gasteiger partial charge in [-0.2, -0.15) is 5.10 Å². The Kier molecular flexibility index (Phi) is 7.10. The Labute approximate surface area is 190 Å². The fraction of sp³-hybridized carbons (Fsp3) is 0.455. The standard InChI is InChI=1S/C22H28N4O7/c1-6-7-8-25-21(29)18(20(28)23-22(25)30)14-11-15(26(24-14)12(2)27)13-9-16(31-3)19(33-5)17(10-13)32-4/h9-10,15,29H,6-8,11H2,1-5H3,(H,23,28,30)/t15-/m1/s1. The molecule has 11 heteroatoms. The highest BCUT2D eigenvalue weighted by Gasteiger charge is 2.35. The second kappa shape index (κ2) is 9.80. The van der Waals surface area contributed by atoms with E-state index >= 15 is 0 Å². The van der Waals surface area contributed by atoms with Gasteiger partial charge in [0, 0.05) is 19.9 Å². The average molecular weight is 460 g/mol. The van der Waals surface area contributed by atoms with E-state index in [9.17, 15) is 19.5 Å². The Morgan fingerprint density at radius 2 is 1.82 bits per heavy atom. The van der Waals surface area contributed by atoms with Crippen molar-refractivity contribution in [2.24, 2.45) is 5.10 Å². The third kappa shape index (κ3) is 4.43. The van der Waals surface area contributed by atoms with Crippen molar-refractivity contribution >= 4 is 11.6 Å². The first-order valence-electron chi connectivity index (χ1n) is 10.5. The van der Waals surface area contributed by atoms with Crippen LogP contribution in [0.1, 0.15) is 50.3 Å². The molecule has 33 heavy (non-hydrogen) atoms. The van der Waals surface area contributed by atoms with Gasteiger partial charge in [0.15, 0.2) is 11.5 Å². The fourth-order valence-electron chi connectivity index (χ4n) is 3.85. The quantitative estimate of drug-likeness (QED) is 0.613. The van der Waals surface area contributed by atoms with E-state index in [-0.39, 0.29) is 30.1 Å². The summed E-state index contributed by atoms with van der Waals surface area (Å²) in [6, 6.07) is 2.81. The summed E-state index contributed by atoms with van der Waals surface area (Å²) in [6.07, 6.45) is 1.56. The SMILES string of the molecule is CCCCn1c(O)c(C2=NN(C(C)=O)[C@@H](c3cc(OC)c(OC)c(OC)c3)C2)c(=O)[nH]c1=O. The molecule has 2 heterocycles. The van der Waals surface area contributed by atoms with Gasteiger partial charge in [0.1, 0.15) is 5.56 Å². The highest BCUT2D eigenvalue weighted by atomic mass is 16.5. The van der Waals surface area contributed by atoms with Crippen molar-refractivity contribution in [1.82, 2.24) is 14.6 Å². The number of aromatic nitrogens is 2. The number of hydrogen-bond donors (Lipinski definition) is 2. The molecule has 1 amide bonds. The molecule has 0 saturated carbocycles. The number of carbonyl (C=O) groups excluding carboxylic acids is 1. The van der Waals surface area contributed by atoms with E-state index < -0.39 is 23.2 Å². The minimum atomic E-state index is -0.766. The van der Waals surface area contributed by atoms with Crippen LogP contribution in [0.25, 0.3) is 0 Å². The lowest BCUT2D eigenvalue weighted by Gasteiger charge is -2.22. The molecule has 11 nitrogen and oxygen atoms in total. The van der Waals surface area contributed by atoms with E-state index in [1.165, 1.54) is 33.3 Å². The van der Waals surface area contributed by atoms with Crippen LogP contribution in [0.5, 0.6) is 23.1 Å². The number of carbonyl (C=O) groups is 1. The van der Waals surface area contributed by atoms with Gasteiger partial charge < -0.3 is 19.3 Å². The lowest BCUT2D eigenvalue weighted by Crippen LogP contribution is -2.33. The summed E-state index contributed by atoms with van der Waals surface area (Å²) in [6.45, 7) is 3.54. The van der Waals surface area contributed by atoms with Crippen molar-refractivity contribution in [3.8, 4) is 23.1 Å². The molecule has 1 atom stereocenters. The maximum atomic E-state index is 12.6. The van der Waals surface area contributed by atoms with Crippen LogP contribution < -0.4 is 25.5 Å². The minimum Gasteiger partial charge on any atom is -0.494 e. The Bertz CT molecular complexity index is 1170. The number of hydrogen-bond acceptors (Lipinski definition) is 8. The predicted molar refractivity (Wildman–Crippen MR) is 120 cm³/mol. The monoisotopic (exact) mass is 460 g/mol. The summed E-state index contributed by atoms with van der Waals surface area (Å²) in [7, 11) is 4.45. The molecule has 0 aliphatic carbocycles. The maximum absolute atomic E-state index is 12.6. The van der Waals surface area contributed by atoms with Crippen LogP contribution in [0.4, 0.5) is 0 Å². The van der Waals surface area contributed by atoms with E-state index in [1.807, 2.05) is 6.92 Å². The molecule has 0 spiro atoms. The minimum absolute atomic E-state index is 0.126. The van der Waals surface area contributed by atoms with Gasteiger partial charge in [0.2, 0.25) is 17.5 Å². The second-order valence-corrected chi connectivity index (χ2v) is 7.55. The molecule has 0 unspecified atom stereocenters. The largest absolute Gasteiger partial charge is 0.494 e. The van der Waals surface area contributed by atoms with Crippen molar-refractivity contribution < 1.29 is 24.1 Å². The third-order valence-electron chi connectivity index (χ3n) is 5.50. The van der Waals surface area contributed by atoms with E-state index in [0.717, 1.165) is 11.0 Å². The Morgan fingerprint density at radius 3 is 2.33 bits per heavy atom. The van der Waals surface area contributed by atoms with Gasteiger partial charge in [-0.25, -0.2) is 9.80 Å². The molecule has 1 aromatic carbocycles. The van der Waals surface area contributed by atoms with E-state index in [4.69, 9.17) is 14.2 Å². The van der Waals surface area contributed by atoms with Crippen LogP contribution >= 0.6 is 0 Å². The van der Waals surface area contributed by atoms with Crippen molar-refractivity contribution in [3.05, 3.63) is 44.1 Å². The molecule has 1 aromatic heterocycles. The molecular weight excluding hydrogens is 432 g/mol. The van der Waals surface area contributed by atoms with E-state index in [0.29, 0.717) is 29.2 Å². The third-order valence-corrected chi connectivity index (χ3v) is 5.50. The molecule has 178 valence electrons. The molecule has 1 aliphatic heterocycles. The maximum Gasteiger partial charge on any atom is 0.331 e. The summed E-state index contributed by atoms with van der Waals surface area (Å²) < 4.78 is 17.3. The molecular formula is C22H28N4O7. The van der Waals surface area contributed by atoms with Crippen LogP contribution in [0.2, 0.25) is 0 Å². The zero-order valence-corrected chi connectivity index (χ0v) is 19.3.